The van der Waals surface area contributed by atoms with Crippen LogP contribution in [0.2, 0.25) is 0 Å². The summed E-state index contributed by atoms with van der Waals surface area (Å²) in [7, 11) is 1.24. The predicted octanol–water partition coefficient (Wildman–Crippen LogP) is 0.165. The molecular formula is C11H17NO5. The highest BCUT2D eigenvalue weighted by Crippen LogP contribution is 2.32. The van der Waals surface area contributed by atoms with Gasteiger partial charge < -0.3 is 15.2 Å². The summed E-state index contributed by atoms with van der Waals surface area (Å²) >= 11 is 0. The second-order valence-electron chi connectivity index (χ2n) is 4.24. The number of aliphatic carboxylic acids is 1. The molecule has 1 aliphatic rings. The highest BCUT2D eigenvalue weighted by molar-refractivity contribution is 5.88. The molecule has 0 aromatic heterocycles. The fourth-order valence-electron chi connectivity index (χ4n) is 2.13. The number of nitrogens with one attached hydrogen (secondary N) is 1. The number of ether oxygens (including phenoxy) is 1. The Labute approximate surface area is 99.3 Å². The number of amides is 1. The third-order valence-electron chi connectivity index (χ3n) is 3.08. The number of esters is 1. The van der Waals surface area contributed by atoms with Crippen LogP contribution in [0.3, 0.4) is 0 Å². The predicted molar refractivity (Wildman–Crippen MR) is 58.1 cm³/mol. The highest BCUT2D eigenvalue weighted by Gasteiger charge is 2.38. The van der Waals surface area contributed by atoms with Crippen LogP contribution in [0.1, 0.15) is 26.2 Å². The lowest BCUT2D eigenvalue weighted by molar-refractivity contribution is -0.147. The van der Waals surface area contributed by atoms with Crippen LogP contribution >= 0.6 is 0 Å². The number of methoxy groups -OCH3 is 1. The van der Waals surface area contributed by atoms with Gasteiger partial charge in [-0.3, -0.25) is 9.59 Å². The van der Waals surface area contributed by atoms with Crippen molar-refractivity contribution in [3.63, 3.8) is 0 Å². The third kappa shape index (κ3) is 3.18. The molecule has 0 aromatic carbocycles. The summed E-state index contributed by atoms with van der Waals surface area (Å²) < 4.78 is 4.48. The Bertz CT molecular complexity index is 328. The maximum atomic E-state index is 11.8. The Hall–Kier alpha value is -1.59. The van der Waals surface area contributed by atoms with Gasteiger partial charge in [0.1, 0.15) is 6.04 Å². The zero-order valence-corrected chi connectivity index (χ0v) is 9.93. The molecule has 3 atom stereocenters. The first-order valence-corrected chi connectivity index (χ1v) is 5.58. The van der Waals surface area contributed by atoms with Crippen molar-refractivity contribution in [2.45, 2.75) is 32.2 Å². The number of hydrogen-bond donors (Lipinski definition) is 2. The third-order valence-corrected chi connectivity index (χ3v) is 3.08. The normalized spacial score (nSPS) is 25.1. The van der Waals surface area contributed by atoms with E-state index in [1.807, 2.05) is 0 Å². The molecule has 0 spiro atoms. The molecule has 0 radical (unpaired) electrons. The average Bonchev–Trinajstić information content (AvgIpc) is 2.76. The van der Waals surface area contributed by atoms with Crippen LogP contribution < -0.4 is 5.32 Å². The van der Waals surface area contributed by atoms with Gasteiger partial charge in [0.2, 0.25) is 5.91 Å². The molecule has 0 bridgehead atoms. The second kappa shape index (κ2) is 5.65. The maximum Gasteiger partial charge on any atom is 0.328 e. The lowest BCUT2D eigenvalue weighted by Gasteiger charge is -2.18. The number of hydrogen-bond acceptors (Lipinski definition) is 4. The number of carbonyl (C=O) groups excluding carboxylic acids is 2. The largest absolute Gasteiger partial charge is 0.481 e. The summed E-state index contributed by atoms with van der Waals surface area (Å²) in [6, 6.07) is -0.748. The molecule has 17 heavy (non-hydrogen) atoms. The fourth-order valence-corrected chi connectivity index (χ4v) is 2.13. The zero-order valence-electron chi connectivity index (χ0n) is 9.93. The molecule has 0 aliphatic heterocycles. The van der Waals surface area contributed by atoms with Crippen molar-refractivity contribution in [2.24, 2.45) is 11.8 Å². The lowest BCUT2D eigenvalue weighted by Crippen LogP contribution is -2.44. The molecule has 96 valence electrons. The topological polar surface area (TPSA) is 92.7 Å². The minimum Gasteiger partial charge on any atom is -0.481 e. The van der Waals surface area contributed by atoms with E-state index in [0.29, 0.717) is 12.8 Å². The second-order valence-corrected chi connectivity index (χ2v) is 4.24. The summed E-state index contributed by atoms with van der Waals surface area (Å²) in [5.41, 5.74) is 0. The minimum absolute atomic E-state index is 0.382. The van der Waals surface area contributed by atoms with Gasteiger partial charge in [-0.05, 0) is 19.8 Å². The fraction of sp³-hybridized carbons (Fsp3) is 0.727. The Kier molecular flexibility index (Phi) is 4.48. The zero-order chi connectivity index (χ0) is 13.0. The van der Waals surface area contributed by atoms with E-state index in [2.05, 4.69) is 10.1 Å². The average molecular weight is 243 g/mol. The highest BCUT2D eigenvalue weighted by atomic mass is 16.5. The van der Waals surface area contributed by atoms with E-state index in [0.717, 1.165) is 6.42 Å². The van der Waals surface area contributed by atoms with Crippen molar-refractivity contribution >= 4 is 17.8 Å². The monoisotopic (exact) mass is 243 g/mol. The molecule has 6 nitrogen and oxygen atoms in total. The minimum atomic E-state index is -0.951. The molecule has 1 amide bonds. The molecular weight excluding hydrogens is 226 g/mol. The maximum absolute atomic E-state index is 11.8. The quantitative estimate of drug-likeness (QED) is 0.686. The van der Waals surface area contributed by atoms with Crippen LogP contribution in [0, 0.1) is 11.8 Å². The van der Waals surface area contributed by atoms with Gasteiger partial charge in [-0.25, -0.2) is 4.79 Å². The molecule has 1 fully saturated rings. The van der Waals surface area contributed by atoms with Gasteiger partial charge in [0, 0.05) is 0 Å². The van der Waals surface area contributed by atoms with Gasteiger partial charge in [-0.1, -0.05) is 6.42 Å². The molecule has 2 N–H and O–H groups in total. The van der Waals surface area contributed by atoms with Crippen LogP contribution in [0.5, 0.6) is 0 Å². The first kappa shape index (κ1) is 13.5. The molecule has 0 aromatic rings. The van der Waals surface area contributed by atoms with E-state index < -0.39 is 29.8 Å². The van der Waals surface area contributed by atoms with Crippen LogP contribution in [0.15, 0.2) is 0 Å². The van der Waals surface area contributed by atoms with E-state index in [1.54, 1.807) is 0 Å². The van der Waals surface area contributed by atoms with Crippen molar-refractivity contribution in [2.75, 3.05) is 7.11 Å². The summed E-state index contributed by atoms with van der Waals surface area (Å²) in [5, 5.41) is 11.4. The van der Waals surface area contributed by atoms with Crippen molar-refractivity contribution in [1.29, 1.82) is 0 Å². The number of carbonyl (C=O) groups is 3. The van der Waals surface area contributed by atoms with E-state index in [-0.39, 0.29) is 5.91 Å². The summed E-state index contributed by atoms with van der Waals surface area (Å²) in [5.74, 6) is -3.05. The van der Waals surface area contributed by atoms with Gasteiger partial charge in [0.15, 0.2) is 0 Å². The van der Waals surface area contributed by atoms with Gasteiger partial charge in [0.25, 0.3) is 0 Å². The molecule has 1 saturated carbocycles. The van der Waals surface area contributed by atoms with Crippen LogP contribution in [-0.4, -0.2) is 36.1 Å². The van der Waals surface area contributed by atoms with Crippen LogP contribution in [0.25, 0.3) is 0 Å². The number of carboxylic acid groups (broad SMARTS) is 1. The SMILES string of the molecule is COC(=O)[C@H](C)NC(=O)[C@@H]1CCC[C@@H]1C(=O)O. The van der Waals surface area contributed by atoms with E-state index in [9.17, 15) is 14.4 Å². The van der Waals surface area contributed by atoms with Gasteiger partial charge in [-0.15, -0.1) is 0 Å². The summed E-state index contributed by atoms with van der Waals surface area (Å²) in [6.07, 6.45) is 1.79. The Morgan fingerprint density at radius 1 is 1.29 bits per heavy atom. The molecule has 6 heteroatoms. The lowest BCUT2D eigenvalue weighted by atomic mass is 9.95. The Morgan fingerprint density at radius 3 is 2.41 bits per heavy atom. The standard InChI is InChI=1S/C11H17NO5/c1-6(11(16)17-2)12-9(13)7-4-3-5-8(7)10(14)15/h6-8H,3-5H2,1-2H3,(H,12,13)(H,14,15)/t6-,7+,8-/m0/s1. The van der Waals surface area contributed by atoms with Crippen LogP contribution in [0.4, 0.5) is 0 Å². The van der Waals surface area contributed by atoms with Crippen molar-refractivity contribution < 1.29 is 24.2 Å². The van der Waals surface area contributed by atoms with Gasteiger partial charge in [-0.2, -0.15) is 0 Å². The molecule has 0 unspecified atom stereocenters. The first-order valence-electron chi connectivity index (χ1n) is 5.58. The van der Waals surface area contributed by atoms with Crippen LogP contribution in [-0.2, 0) is 19.1 Å². The number of rotatable bonds is 4. The Morgan fingerprint density at radius 2 is 1.88 bits per heavy atom. The van der Waals surface area contributed by atoms with E-state index >= 15 is 0 Å². The van der Waals surface area contributed by atoms with E-state index in [1.165, 1.54) is 14.0 Å². The first-order chi connectivity index (χ1) is 7.97. The molecule has 1 rings (SSSR count). The Balaban J connectivity index is 2.58. The molecule has 0 heterocycles. The van der Waals surface area contributed by atoms with Gasteiger partial charge >= 0.3 is 11.9 Å². The van der Waals surface area contributed by atoms with Crippen molar-refractivity contribution in [3.8, 4) is 0 Å². The smallest absolute Gasteiger partial charge is 0.328 e. The number of carboxylic acids is 1. The van der Waals surface area contributed by atoms with Crippen molar-refractivity contribution in [3.05, 3.63) is 0 Å². The van der Waals surface area contributed by atoms with Gasteiger partial charge in [0.05, 0.1) is 18.9 Å². The van der Waals surface area contributed by atoms with E-state index in [4.69, 9.17) is 5.11 Å². The van der Waals surface area contributed by atoms with Crippen molar-refractivity contribution in [1.82, 2.24) is 5.32 Å². The molecule has 1 aliphatic carbocycles. The summed E-state index contributed by atoms with van der Waals surface area (Å²) in [6.45, 7) is 1.51. The molecule has 0 saturated heterocycles. The summed E-state index contributed by atoms with van der Waals surface area (Å²) in [4.78, 5) is 33.9.